The van der Waals surface area contributed by atoms with Crippen LogP contribution in [-0.4, -0.2) is 38.1 Å². The van der Waals surface area contributed by atoms with Crippen molar-refractivity contribution in [3.8, 4) is 11.8 Å². The molecule has 4 aromatic rings. The Morgan fingerprint density at radius 1 is 1.30 bits per heavy atom. The number of benzene rings is 1. The normalized spacial score (nSPS) is 14.2. The lowest BCUT2D eigenvalue weighted by Gasteiger charge is -2.20. The van der Waals surface area contributed by atoms with Crippen molar-refractivity contribution in [2.75, 3.05) is 11.4 Å². The highest BCUT2D eigenvalue weighted by Gasteiger charge is 2.23. The summed E-state index contributed by atoms with van der Waals surface area (Å²) >= 11 is 1.22. The van der Waals surface area contributed by atoms with Crippen molar-refractivity contribution in [2.45, 2.75) is 33.1 Å². The number of aliphatic imine (C=N–C) groups is 1. The summed E-state index contributed by atoms with van der Waals surface area (Å²) in [6.45, 7) is 7.77. The number of hydrogen-bond donors (Lipinski definition) is 0. The summed E-state index contributed by atoms with van der Waals surface area (Å²) in [6, 6.07) is 11.2. The van der Waals surface area contributed by atoms with Gasteiger partial charge < -0.3 is 0 Å². The molecule has 0 unspecified atom stereocenters. The molecule has 0 N–H and O–H groups in total. The number of nitriles is 1. The molecule has 1 aliphatic rings. The first-order chi connectivity index (χ1) is 17.9. The average Bonchev–Trinajstić information content (AvgIpc) is 3.51. The number of rotatable bonds is 7. The molecule has 37 heavy (non-hydrogen) atoms. The van der Waals surface area contributed by atoms with Gasteiger partial charge in [-0.15, -0.1) is 5.10 Å². The number of halogens is 1. The van der Waals surface area contributed by atoms with E-state index in [4.69, 9.17) is 0 Å². The standard InChI is InChI=1S/C27H25FN8S/c1-5-21-27(34(4)37-24(15-29)25(30-3)18-12-10-17(2)11-13-18)35-16-19(14-20(28)26(35)31-21)36-23-9-7-6-8-22(23)32-33-36/h6-10,12,14,16H,3,5,11,13H2,1-2,4H3/b25-24-. The predicted octanol–water partition coefficient (Wildman–Crippen LogP) is 5.96. The third-order valence-electron chi connectivity index (χ3n) is 6.30. The van der Waals surface area contributed by atoms with E-state index < -0.39 is 5.82 Å². The minimum atomic E-state index is -0.476. The molecule has 0 radical (unpaired) electrons. The Hall–Kier alpha value is -4.23. The van der Waals surface area contributed by atoms with Gasteiger partial charge in [0.05, 0.1) is 22.6 Å². The fourth-order valence-corrected chi connectivity index (χ4v) is 5.30. The first-order valence-electron chi connectivity index (χ1n) is 11.9. The fourth-order valence-electron chi connectivity index (χ4n) is 4.43. The van der Waals surface area contributed by atoms with Gasteiger partial charge >= 0.3 is 0 Å². The van der Waals surface area contributed by atoms with Crippen LogP contribution in [0.5, 0.6) is 0 Å². The lowest BCUT2D eigenvalue weighted by molar-refractivity contribution is 0.626. The number of aromatic nitrogens is 5. The van der Waals surface area contributed by atoms with E-state index in [1.54, 1.807) is 15.3 Å². The molecule has 0 spiro atoms. The Kier molecular flexibility index (Phi) is 6.63. The van der Waals surface area contributed by atoms with E-state index in [-0.39, 0.29) is 5.65 Å². The highest BCUT2D eigenvalue weighted by molar-refractivity contribution is 8.04. The van der Waals surface area contributed by atoms with Crippen LogP contribution < -0.4 is 4.31 Å². The number of fused-ring (bicyclic) bond motifs is 2. The molecule has 0 aliphatic heterocycles. The van der Waals surface area contributed by atoms with E-state index in [0.29, 0.717) is 39.7 Å². The zero-order valence-electron chi connectivity index (χ0n) is 20.8. The van der Waals surface area contributed by atoms with Crippen LogP contribution >= 0.6 is 11.9 Å². The molecule has 10 heteroatoms. The SMILES string of the molecule is C=N/C(C1=CC=C(C)CC1)=C(/C#N)SN(C)c1c(CC)nc2c(F)cc(-n3nnc4ccccc43)cn12. The van der Waals surface area contributed by atoms with Crippen LogP contribution in [0, 0.1) is 17.1 Å². The number of imidazole rings is 1. The number of allylic oxidation sites excluding steroid dienone is 5. The first kappa shape index (κ1) is 24.5. The smallest absolute Gasteiger partial charge is 0.175 e. The molecular formula is C27H25FN8S. The molecule has 0 saturated heterocycles. The Balaban J connectivity index is 1.61. The summed E-state index contributed by atoms with van der Waals surface area (Å²) in [5.41, 5.74) is 5.72. The maximum Gasteiger partial charge on any atom is 0.175 e. The third kappa shape index (κ3) is 4.42. The third-order valence-corrected chi connectivity index (χ3v) is 7.21. The van der Waals surface area contributed by atoms with Gasteiger partial charge in [-0.3, -0.25) is 13.7 Å². The number of pyridine rings is 1. The van der Waals surface area contributed by atoms with E-state index >= 15 is 4.39 Å². The Morgan fingerprint density at radius 2 is 2.11 bits per heavy atom. The molecule has 0 atom stereocenters. The van der Waals surface area contributed by atoms with Crippen LogP contribution in [0.2, 0.25) is 0 Å². The number of aryl methyl sites for hydroxylation is 1. The van der Waals surface area contributed by atoms with Crippen molar-refractivity contribution in [2.24, 2.45) is 4.99 Å². The van der Waals surface area contributed by atoms with Gasteiger partial charge in [0.2, 0.25) is 0 Å². The van der Waals surface area contributed by atoms with E-state index in [0.717, 1.165) is 23.9 Å². The van der Waals surface area contributed by atoms with Gasteiger partial charge in [0.25, 0.3) is 0 Å². The van der Waals surface area contributed by atoms with Crippen LogP contribution in [0.1, 0.15) is 32.4 Å². The molecule has 0 fully saturated rings. The Bertz CT molecular complexity index is 1670. The summed E-state index contributed by atoms with van der Waals surface area (Å²) in [5, 5.41) is 18.5. The molecule has 8 nitrogen and oxygen atoms in total. The molecule has 1 aromatic carbocycles. The summed E-state index contributed by atoms with van der Waals surface area (Å²) in [6.07, 6.45) is 8.12. The van der Waals surface area contributed by atoms with Gasteiger partial charge in [-0.1, -0.05) is 42.0 Å². The minimum Gasteiger partial charge on any atom is -0.298 e. The van der Waals surface area contributed by atoms with Crippen LogP contribution in [-0.2, 0) is 6.42 Å². The van der Waals surface area contributed by atoms with Crippen molar-refractivity contribution in [1.82, 2.24) is 24.4 Å². The lowest BCUT2D eigenvalue weighted by Crippen LogP contribution is -2.13. The zero-order chi connectivity index (χ0) is 26.1. The van der Waals surface area contributed by atoms with Crippen molar-refractivity contribution in [3.63, 3.8) is 0 Å². The van der Waals surface area contributed by atoms with E-state index in [1.807, 2.05) is 54.7 Å². The Labute approximate surface area is 218 Å². The van der Waals surface area contributed by atoms with Crippen molar-refractivity contribution in [1.29, 1.82) is 5.26 Å². The van der Waals surface area contributed by atoms with Gasteiger partial charge in [0, 0.05) is 31.3 Å². The average molecular weight is 513 g/mol. The summed E-state index contributed by atoms with van der Waals surface area (Å²) in [4.78, 5) is 9.18. The van der Waals surface area contributed by atoms with Crippen molar-refractivity contribution >= 4 is 41.2 Å². The number of para-hydroxylation sites is 1. The predicted molar refractivity (Wildman–Crippen MR) is 146 cm³/mol. The summed E-state index contributed by atoms with van der Waals surface area (Å²) in [7, 11) is 1.83. The highest BCUT2D eigenvalue weighted by Crippen LogP contribution is 2.36. The first-order valence-corrected chi connectivity index (χ1v) is 12.6. The molecule has 0 amide bonds. The van der Waals surface area contributed by atoms with Gasteiger partial charge in [0.1, 0.15) is 22.3 Å². The van der Waals surface area contributed by atoms with E-state index in [9.17, 15) is 5.26 Å². The van der Waals surface area contributed by atoms with Crippen LogP contribution in [0.25, 0.3) is 22.4 Å². The van der Waals surface area contributed by atoms with E-state index in [1.165, 1.54) is 23.6 Å². The number of anilines is 1. The van der Waals surface area contributed by atoms with Crippen LogP contribution in [0.3, 0.4) is 0 Å². The van der Waals surface area contributed by atoms with Crippen molar-refractivity contribution in [3.05, 3.63) is 81.9 Å². The number of nitrogens with zero attached hydrogens (tertiary/aromatic N) is 8. The molecule has 5 rings (SSSR count). The maximum atomic E-state index is 15.3. The zero-order valence-corrected chi connectivity index (χ0v) is 21.6. The minimum absolute atomic E-state index is 0.202. The van der Waals surface area contributed by atoms with Gasteiger partial charge in [-0.2, -0.15) is 5.26 Å². The topological polar surface area (TPSA) is 87.4 Å². The second-order valence-corrected chi connectivity index (χ2v) is 9.85. The quantitative estimate of drug-likeness (QED) is 0.173. The van der Waals surface area contributed by atoms with Crippen LogP contribution in [0.4, 0.5) is 10.2 Å². The number of hydrogen-bond acceptors (Lipinski definition) is 7. The van der Waals surface area contributed by atoms with Crippen LogP contribution in [0.15, 0.2) is 75.4 Å². The maximum absolute atomic E-state index is 15.3. The van der Waals surface area contributed by atoms with Crippen molar-refractivity contribution < 1.29 is 4.39 Å². The molecule has 186 valence electrons. The second-order valence-electron chi connectivity index (χ2n) is 8.71. The molecule has 1 aliphatic carbocycles. The Morgan fingerprint density at radius 3 is 2.81 bits per heavy atom. The summed E-state index contributed by atoms with van der Waals surface area (Å²) in [5.74, 6) is 0.188. The fraction of sp³-hybridized carbons (Fsp3) is 0.222. The largest absolute Gasteiger partial charge is 0.298 e. The molecule has 0 bridgehead atoms. The summed E-state index contributed by atoms with van der Waals surface area (Å²) < 4.78 is 20.5. The second kappa shape index (κ2) is 10.0. The molecule has 3 heterocycles. The van der Waals surface area contributed by atoms with Gasteiger partial charge in [-0.05, 0) is 50.6 Å². The molecule has 3 aromatic heterocycles. The highest BCUT2D eigenvalue weighted by atomic mass is 32.2. The lowest BCUT2D eigenvalue weighted by atomic mass is 9.97. The van der Waals surface area contributed by atoms with Gasteiger partial charge in [-0.25, -0.2) is 14.1 Å². The van der Waals surface area contributed by atoms with E-state index in [2.05, 4.69) is 40.0 Å². The monoisotopic (exact) mass is 512 g/mol. The van der Waals surface area contributed by atoms with Gasteiger partial charge in [0.15, 0.2) is 11.5 Å². The molecule has 0 saturated carbocycles. The molecular weight excluding hydrogens is 487 g/mol.